The predicted molar refractivity (Wildman–Crippen MR) is 49.7 cm³/mol. The van der Waals surface area contributed by atoms with Crippen LogP contribution in [0.4, 0.5) is 4.39 Å². The fourth-order valence-electron chi connectivity index (χ4n) is 1.66. The first kappa shape index (κ1) is 9.43. The predicted octanol–water partition coefficient (Wildman–Crippen LogP) is 0.625. The lowest BCUT2D eigenvalue weighted by atomic mass is 9.87. The van der Waals surface area contributed by atoms with Crippen LogP contribution in [-0.4, -0.2) is 25.3 Å². The topological polar surface area (TPSA) is 41.5 Å². The zero-order chi connectivity index (χ0) is 10.2. The van der Waals surface area contributed by atoms with Crippen LogP contribution in [0.25, 0.3) is 0 Å². The van der Waals surface area contributed by atoms with Crippen LogP contribution in [0.5, 0.6) is 5.75 Å². The molecule has 2 N–H and O–H groups in total. The molecule has 3 nitrogen and oxygen atoms in total. The van der Waals surface area contributed by atoms with Gasteiger partial charge in [-0.05, 0) is 12.1 Å². The normalized spacial score (nSPS) is 18.8. The maximum atomic E-state index is 13.5. The molecule has 1 aliphatic heterocycles. The Labute approximate surface area is 81.5 Å². The molecule has 1 aliphatic rings. The van der Waals surface area contributed by atoms with Crippen molar-refractivity contribution in [3.63, 3.8) is 0 Å². The molecule has 0 saturated carbocycles. The molecule has 0 radical (unpaired) electrons. The van der Waals surface area contributed by atoms with Gasteiger partial charge in [0, 0.05) is 13.1 Å². The molecule has 0 aliphatic carbocycles. The highest BCUT2D eigenvalue weighted by atomic mass is 19.1. The number of methoxy groups -OCH3 is 1. The van der Waals surface area contributed by atoms with Gasteiger partial charge in [-0.1, -0.05) is 6.07 Å². The van der Waals surface area contributed by atoms with Crippen LogP contribution in [0.3, 0.4) is 0 Å². The fraction of sp³-hybridized carbons (Fsp3) is 0.400. The van der Waals surface area contributed by atoms with Crippen LogP contribution < -0.4 is 10.1 Å². The average Bonchev–Trinajstić information content (AvgIpc) is 2.14. The zero-order valence-corrected chi connectivity index (χ0v) is 7.88. The van der Waals surface area contributed by atoms with E-state index in [-0.39, 0.29) is 5.56 Å². The Morgan fingerprint density at radius 3 is 2.71 bits per heavy atom. The van der Waals surface area contributed by atoms with E-state index in [1.807, 2.05) is 0 Å². The number of nitrogens with one attached hydrogen (secondary N) is 1. The van der Waals surface area contributed by atoms with Crippen molar-refractivity contribution in [1.29, 1.82) is 0 Å². The van der Waals surface area contributed by atoms with Gasteiger partial charge in [-0.2, -0.15) is 0 Å². The van der Waals surface area contributed by atoms with Crippen LogP contribution in [0.15, 0.2) is 18.2 Å². The van der Waals surface area contributed by atoms with E-state index >= 15 is 0 Å². The van der Waals surface area contributed by atoms with Crippen LogP contribution >= 0.6 is 0 Å². The van der Waals surface area contributed by atoms with E-state index in [4.69, 9.17) is 4.74 Å². The second kappa shape index (κ2) is 3.22. The quantitative estimate of drug-likeness (QED) is 0.730. The number of hydrogen-bond donors (Lipinski definition) is 2. The minimum Gasteiger partial charge on any atom is -0.496 e. The smallest absolute Gasteiger partial charge is 0.133 e. The van der Waals surface area contributed by atoms with E-state index < -0.39 is 11.4 Å². The molecule has 1 aromatic carbocycles. The highest BCUT2D eigenvalue weighted by Crippen LogP contribution is 2.34. The molecule has 1 saturated heterocycles. The van der Waals surface area contributed by atoms with Crippen molar-refractivity contribution in [2.75, 3.05) is 20.2 Å². The van der Waals surface area contributed by atoms with Gasteiger partial charge in [0.05, 0.1) is 12.7 Å². The number of benzene rings is 1. The molecule has 2 rings (SSSR count). The maximum Gasteiger partial charge on any atom is 0.133 e. The first-order chi connectivity index (χ1) is 6.67. The Balaban J connectivity index is 2.49. The average molecular weight is 197 g/mol. The molecule has 76 valence electrons. The summed E-state index contributed by atoms with van der Waals surface area (Å²) in [6, 6.07) is 4.54. The van der Waals surface area contributed by atoms with Crippen molar-refractivity contribution >= 4 is 0 Å². The SMILES string of the molecule is COc1cccc(F)c1C1(O)CNC1. The summed E-state index contributed by atoms with van der Waals surface area (Å²) < 4.78 is 18.5. The number of aliphatic hydroxyl groups is 1. The third kappa shape index (κ3) is 1.27. The van der Waals surface area contributed by atoms with Crippen molar-refractivity contribution in [3.8, 4) is 5.75 Å². The summed E-state index contributed by atoms with van der Waals surface area (Å²) in [5, 5.41) is 12.9. The molecule has 1 fully saturated rings. The minimum absolute atomic E-state index is 0.251. The largest absolute Gasteiger partial charge is 0.496 e. The lowest BCUT2D eigenvalue weighted by Gasteiger charge is -2.38. The van der Waals surface area contributed by atoms with Crippen LogP contribution in [0.1, 0.15) is 5.56 Å². The second-order valence-corrected chi connectivity index (χ2v) is 3.45. The van der Waals surface area contributed by atoms with Crippen molar-refractivity contribution in [2.45, 2.75) is 5.60 Å². The molecule has 1 aromatic rings. The van der Waals surface area contributed by atoms with Gasteiger partial charge in [0.1, 0.15) is 17.2 Å². The molecule has 4 heteroatoms. The van der Waals surface area contributed by atoms with E-state index in [9.17, 15) is 9.50 Å². The Morgan fingerprint density at radius 1 is 1.50 bits per heavy atom. The first-order valence-electron chi connectivity index (χ1n) is 4.43. The van der Waals surface area contributed by atoms with Crippen molar-refractivity contribution in [1.82, 2.24) is 5.32 Å². The summed E-state index contributed by atoms with van der Waals surface area (Å²) in [4.78, 5) is 0. The van der Waals surface area contributed by atoms with Crippen molar-refractivity contribution in [2.24, 2.45) is 0 Å². The summed E-state index contributed by atoms with van der Waals surface area (Å²) in [5.41, 5.74) is -0.863. The molecule has 1 heterocycles. The molecule has 0 amide bonds. The van der Waals surface area contributed by atoms with Gasteiger partial charge in [0.25, 0.3) is 0 Å². The number of hydrogen-bond acceptors (Lipinski definition) is 3. The van der Waals surface area contributed by atoms with E-state index in [1.165, 1.54) is 13.2 Å². The van der Waals surface area contributed by atoms with Gasteiger partial charge in [-0.15, -0.1) is 0 Å². The Kier molecular flexibility index (Phi) is 2.17. The Hall–Kier alpha value is -1.13. The van der Waals surface area contributed by atoms with Gasteiger partial charge in [-0.25, -0.2) is 4.39 Å². The maximum absolute atomic E-state index is 13.5. The third-order valence-electron chi connectivity index (χ3n) is 2.50. The summed E-state index contributed by atoms with van der Waals surface area (Å²) in [7, 11) is 1.47. The molecule has 14 heavy (non-hydrogen) atoms. The second-order valence-electron chi connectivity index (χ2n) is 3.45. The van der Waals surface area contributed by atoms with Gasteiger partial charge >= 0.3 is 0 Å². The van der Waals surface area contributed by atoms with Gasteiger partial charge in [0.15, 0.2) is 0 Å². The van der Waals surface area contributed by atoms with Gasteiger partial charge in [0.2, 0.25) is 0 Å². The fourth-order valence-corrected chi connectivity index (χ4v) is 1.66. The van der Waals surface area contributed by atoms with E-state index in [2.05, 4.69) is 5.32 Å². The highest BCUT2D eigenvalue weighted by molar-refractivity contribution is 5.41. The highest BCUT2D eigenvalue weighted by Gasteiger charge is 2.40. The van der Waals surface area contributed by atoms with Crippen LogP contribution in [0, 0.1) is 5.82 Å². The first-order valence-corrected chi connectivity index (χ1v) is 4.43. The number of rotatable bonds is 2. The van der Waals surface area contributed by atoms with Gasteiger partial charge < -0.3 is 15.2 Å². The zero-order valence-electron chi connectivity index (χ0n) is 7.88. The van der Waals surface area contributed by atoms with Gasteiger partial charge in [-0.3, -0.25) is 0 Å². The lowest BCUT2D eigenvalue weighted by Crippen LogP contribution is -2.57. The number of ether oxygens (including phenoxy) is 1. The number of β-amino-alcohol motifs (C(OH)–C–C–N with tert-alkyl or cyclic N) is 1. The van der Waals surface area contributed by atoms with E-state index in [0.717, 1.165) is 0 Å². The summed E-state index contributed by atoms with van der Waals surface area (Å²) >= 11 is 0. The van der Waals surface area contributed by atoms with E-state index in [0.29, 0.717) is 18.8 Å². The van der Waals surface area contributed by atoms with Crippen LogP contribution in [0.2, 0.25) is 0 Å². The van der Waals surface area contributed by atoms with Crippen molar-refractivity contribution < 1.29 is 14.2 Å². The molecule has 0 unspecified atom stereocenters. The minimum atomic E-state index is -1.11. The molecular formula is C10H12FNO2. The molecule has 0 bridgehead atoms. The molecule has 0 aromatic heterocycles. The third-order valence-corrected chi connectivity index (χ3v) is 2.50. The summed E-state index contributed by atoms with van der Waals surface area (Å²) in [6.07, 6.45) is 0. The van der Waals surface area contributed by atoms with Crippen LogP contribution in [-0.2, 0) is 5.60 Å². The monoisotopic (exact) mass is 197 g/mol. The number of halogens is 1. The summed E-state index contributed by atoms with van der Waals surface area (Å²) in [5.74, 6) is -0.0256. The molecule has 0 spiro atoms. The Morgan fingerprint density at radius 2 is 2.21 bits per heavy atom. The lowest BCUT2D eigenvalue weighted by molar-refractivity contribution is -0.0195. The Bertz CT molecular complexity index is 350. The molecular weight excluding hydrogens is 185 g/mol. The van der Waals surface area contributed by atoms with Crippen molar-refractivity contribution in [3.05, 3.63) is 29.6 Å². The standard InChI is InChI=1S/C10H12FNO2/c1-14-8-4-2-3-7(11)9(8)10(13)5-12-6-10/h2-4,12-13H,5-6H2,1H3. The van der Waals surface area contributed by atoms with E-state index in [1.54, 1.807) is 12.1 Å². The summed E-state index contributed by atoms with van der Waals surface area (Å²) in [6.45, 7) is 0.731. The molecule has 0 atom stereocenters.